The van der Waals surface area contributed by atoms with Gasteiger partial charge in [0.15, 0.2) is 11.5 Å². The molecule has 2 N–H and O–H groups in total. The summed E-state index contributed by atoms with van der Waals surface area (Å²) in [5.41, 5.74) is 4.95. The van der Waals surface area contributed by atoms with Crippen molar-refractivity contribution < 1.29 is 23.8 Å². The molecule has 2 atom stereocenters. The average molecular weight is 436 g/mol. The minimum Gasteiger partial charge on any atom is -0.492 e. The van der Waals surface area contributed by atoms with Crippen molar-refractivity contribution in [3.05, 3.63) is 60.4 Å². The first-order valence-electron chi connectivity index (χ1n) is 10.6. The van der Waals surface area contributed by atoms with Gasteiger partial charge in [0.1, 0.15) is 18.3 Å². The van der Waals surface area contributed by atoms with Crippen LogP contribution in [0.5, 0.6) is 17.2 Å². The van der Waals surface area contributed by atoms with E-state index in [2.05, 4.69) is 10.7 Å². The van der Waals surface area contributed by atoms with Crippen molar-refractivity contribution in [2.75, 3.05) is 25.3 Å². The molecule has 0 aliphatic carbocycles. The lowest BCUT2D eigenvalue weighted by molar-refractivity contribution is -0.137. The zero-order valence-corrected chi connectivity index (χ0v) is 17.6. The van der Waals surface area contributed by atoms with Crippen LogP contribution in [0.25, 0.3) is 0 Å². The number of amides is 2. The van der Waals surface area contributed by atoms with Gasteiger partial charge in [-0.3, -0.25) is 9.59 Å². The number of anilines is 1. The minimum atomic E-state index is -0.390. The van der Waals surface area contributed by atoms with Crippen LogP contribution in [0.4, 0.5) is 5.69 Å². The zero-order valence-electron chi connectivity index (χ0n) is 17.6. The molecule has 0 bridgehead atoms. The van der Waals surface area contributed by atoms with Crippen LogP contribution in [0.15, 0.2) is 54.9 Å². The SMILES string of the molecule is CCOc1ccccc1NC(=O)CN1C=CN2NC(c3ccc4c(c3)OCO4)CC2C1=O. The van der Waals surface area contributed by atoms with E-state index < -0.39 is 0 Å². The molecule has 3 heterocycles. The maximum atomic E-state index is 13.1. The fourth-order valence-corrected chi connectivity index (χ4v) is 4.11. The molecule has 9 nitrogen and oxygen atoms in total. The Morgan fingerprint density at radius 2 is 2.03 bits per heavy atom. The molecule has 1 saturated heterocycles. The van der Waals surface area contributed by atoms with Crippen molar-refractivity contribution in [1.29, 1.82) is 0 Å². The number of hydrogen-bond donors (Lipinski definition) is 2. The number of nitrogens with zero attached hydrogens (tertiary/aromatic N) is 2. The van der Waals surface area contributed by atoms with Crippen molar-refractivity contribution >= 4 is 17.5 Å². The normalized spacial score (nSPS) is 21.0. The van der Waals surface area contributed by atoms with Crippen LogP contribution < -0.4 is 25.0 Å². The highest BCUT2D eigenvalue weighted by Gasteiger charge is 2.40. The summed E-state index contributed by atoms with van der Waals surface area (Å²) in [6.45, 7) is 2.52. The lowest BCUT2D eigenvalue weighted by Crippen LogP contribution is -2.49. The third kappa shape index (κ3) is 3.82. The van der Waals surface area contributed by atoms with E-state index in [0.29, 0.717) is 30.2 Å². The van der Waals surface area contributed by atoms with Crippen LogP contribution in [-0.4, -0.2) is 47.7 Å². The number of carbonyl (C=O) groups is 2. The Balaban J connectivity index is 1.23. The van der Waals surface area contributed by atoms with Gasteiger partial charge in [-0.05, 0) is 43.2 Å². The summed E-state index contributed by atoms with van der Waals surface area (Å²) < 4.78 is 16.4. The topological polar surface area (TPSA) is 92.4 Å². The number of fused-ring (bicyclic) bond motifs is 2. The maximum Gasteiger partial charge on any atom is 0.251 e. The Morgan fingerprint density at radius 1 is 1.19 bits per heavy atom. The second-order valence-electron chi connectivity index (χ2n) is 7.69. The van der Waals surface area contributed by atoms with Gasteiger partial charge in [0, 0.05) is 12.4 Å². The molecule has 0 saturated carbocycles. The highest BCUT2D eigenvalue weighted by Crippen LogP contribution is 2.37. The molecule has 2 aromatic rings. The van der Waals surface area contributed by atoms with Crippen LogP contribution in [0, 0.1) is 0 Å². The number of hydrazine groups is 1. The van der Waals surface area contributed by atoms with Crippen molar-refractivity contribution in [2.45, 2.75) is 25.4 Å². The summed E-state index contributed by atoms with van der Waals surface area (Å²) in [4.78, 5) is 27.1. The molecule has 32 heavy (non-hydrogen) atoms. The van der Waals surface area contributed by atoms with E-state index >= 15 is 0 Å². The average Bonchev–Trinajstić information content (AvgIpc) is 3.44. The smallest absolute Gasteiger partial charge is 0.251 e. The second kappa shape index (κ2) is 8.43. The first-order valence-corrected chi connectivity index (χ1v) is 10.6. The van der Waals surface area contributed by atoms with Gasteiger partial charge in [-0.2, -0.15) is 0 Å². The predicted molar refractivity (Wildman–Crippen MR) is 116 cm³/mol. The third-order valence-electron chi connectivity index (χ3n) is 5.65. The Bertz CT molecular complexity index is 1070. The van der Waals surface area contributed by atoms with Gasteiger partial charge < -0.3 is 29.4 Å². The monoisotopic (exact) mass is 436 g/mol. The quantitative estimate of drug-likeness (QED) is 0.718. The van der Waals surface area contributed by atoms with Crippen molar-refractivity contribution in [1.82, 2.24) is 15.3 Å². The number of hydrogen-bond acceptors (Lipinski definition) is 7. The second-order valence-corrected chi connectivity index (χ2v) is 7.69. The van der Waals surface area contributed by atoms with Gasteiger partial charge in [0.25, 0.3) is 5.91 Å². The molecule has 2 unspecified atom stereocenters. The van der Waals surface area contributed by atoms with E-state index in [4.69, 9.17) is 14.2 Å². The summed E-state index contributed by atoms with van der Waals surface area (Å²) in [5.74, 6) is 1.62. The van der Waals surface area contributed by atoms with Crippen molar-refractivity contribution in [3.8, 4) is 17.2 Å². The summed E-state index contributed by atoms with van der Waals surface area (Å²) in [7, 11) is 0. The number of rotatable bonds is 6. The molecule has 166 valence electrons. The number of nitrogens with one attached hydrogen (secondary N) is 2. The van der Waals surface area contributed by atoms with Crippen LogP contribution >= 0.6 is 0 Å². The summed E-state index contributed by atoms with van der Waals surface area (Å²) >= 11 is 0. The molecule has 2 amide bonds. The Morgan fingerprint density at radius 3 is 2.91 bits per heavy atom. The van der Waals surface area contributed by atoms with E-state index in [1.54, 1.807) is 29.5 Å². The number of ether oxygens (including phenoxy) is 3. The molecular formula is C23H24N4O5. The highest BCUT2D eigenvalue weighted by molar-refractivity contribution is 5.97. The lowest BCUT2D eigenvalue weighted by Gasteiger charge is -2.31. The Kier molecular flexibility index (Phi) is 5.32. The Hall–Kier alpha value is -3.72. The van der Waals surface area contributed by atoms with Gasteiger partial charge in [-0.1, -0.05) is 18.2 Å². The van der Waals surface area contributed by atoms with Crippen LogP contribution in [0.3, 0.4) is 0 Å². The van der Waals surface area contributed by atoms with Crippen molar-refractivity contribution in [3.63, 3.8) is 0 Å². The fourth-order valence-electron chi connectivity index (χ4n) is 4.11. The van der Waals surface area contributed by atoms with Crippen LogP contribution in [0.2, 0.25) is 0 Å². The van der Waals surface area contributed by atoms with E-state index in [1.807, 2.05) is 37.3 Å². The van der Waals surface area contributed by atoms with Gasteiger partial charge in [-0.15, -0.1) is 0 Å². The summed E-state index contributed by atoms with van der Waals surface area (Å²) in [6, 6.07) is 12.6. The van der Waals surface area contributed by atoms with Gasteiger partial charge in [0.05, 0.1) is 18.3 Å². The van der Waals surface area contributed by atoms with Crippen LogP contribution in [-0.2, 0) is 9.59 Å². The first-order chi connectivity index (χ1) is 15.6. The molecule has 0 radical (unpaired) electrons. The van der Waals surface area contributed by atoms with Gasteiger partial charge in [-0.25, -0.2) is 5.43 Å². The lowest BCUT2D eigenvalue weighted by atomic mass is 10.0. The van der Waals surface area contributed by atoms with E-state index in [9.17, 15) is 9.59 Å². The number of carbonyl (C=O) groups excluding carboxylic acids is 2. The highest BCUT2D eigenvalue weighted by atomic mass is 16.7. The first kappa shape index (κ1) is 20.2. The Labute approximate surface area is 185 Å². The predicted octanol–water partition coefficient (Wildman–Crippen LogP) is 2.39. The molecule has 3 aliphatic rings. The fraction of sp³-hybridized carbons (Fsp3) is 0.304. The number of para-hydroxylation sites is 2. The molecule has 9 heteroatoms. The number of benzene rings is 2. The van der Waals surface area contributed by atoms with Crippen LogP contribution in [0.1, 0.15) is 24.9 Å². The third-order valence-corrected chi connectivity index (χ3v) is 5.65. The molecule has 1 fully saturated rings. The van der Waals surface area contributed by atoms with E-state index in [-0.39, 0.29) is 37.2 Å². The van der Waals surface area contributed by atoms with Gasteiger partial charge >= 0.3 is 0 Å². The van der Waals surface area contributed by atoms with E-state index in [0.717, 1.165) is 11.3 Å². The maximum absolute atomic E-state index is 13.1. The van der Waals surface area contributed by atoms with E-state index in [1.165, 1.54) is 4.90 Å². The minimum absolute atomic E-state index is 0.0463. The zero-order chi connectivity index (χ0) is 22.1. The largest absolute Gasteiger partial charge is 0.492 e. The van der Waals surface area contributed by atoms with Crippen molar-refractivity contribution in [2.24, 2.45) is 0 Å². The summed E-state index contributed by atoms with van der Waals surface area (Å²) in [5, 5.41) is 4.64. The molecule has 2 aromatic carbocycles. The molecule has 0 spiro atoms. The molecular weight excluding hydrogens is 412 g/mol. The molecule has 0 aromatic heterocycles. The molecule has 5 rings (SSSR count). The van der Waals surface area contributed by atoms with Gasteiger partial charge in [0.2, 0.25) is 12.7 Å². The standard InChI is InChI=1S/C23H24N4O5/c1-2-30-19-6-4-3-5-16(19)24-22(28)13-26-9-10-27-18(23(26)29)12-17(25-27)15-7-8-20-21(11-15)32-14-31-20/h3-11,17-18,25H,2,12-14H2,1H3,(H,24,28). The molecule has 3 aliphatic heterocycles. The summed E-state index contributed by atoms with van der Waals surface area (Å²) in [6.07, 6.45) is 4.00.